The fourth-order valence-corrected chi connectivity index (χ4v) is 2.59. The molecule has 2 rings (SSSR count). The van der Waals surface area contributed by atoms with E-state index in [2.05, 4.69) is 9.97 Å². The first-order chi connectivity index (χ1) is 10.2. The van der Waals surface area contributed by atoms with Gasteiger partial charge in [-0.15, -0.1) is 0 Å². The van der Waals surface area contributed by atoms with Crippen molar-refractivity contribution in [3.05, 3.63) is 53.9 Å². The number of thioether (sulfide) groups is 1. The van der Waals surface area contributed by atoms with Crippen LogP contribution in [0.5, 0.6) is 0 Å². The van der Waals surface area contributed by atoms with Gasteiger partial charge < -0.3 is 15.3 Å². The minimum atomic E-state index is -0.731. The second-order valence-corrected chi connectivity index (χ2v) is 5.63. The van der Waals surface area contributed by atoms with E-state index in [1.165, 1.54) is 11.8 Å². The topological polar surface area (TPSA) is 86.5 Å². The lowest BCUT2D eigenvalue weighted by atomic mass is 10.0. The van der Waals surface area contributed by atoms with Crippen molar-refractivity contribution < 1.29 is 15.3 Å². The summed E-state index contributed by atoms with van der Waals surface area (Å²) in [5, 5.41) is 29.6. The van der Waals surface area contributed by atoms with E-state index in [1.54, 1.807) is 42.7 Å². The van der Waals surface area contributed by atoms with Crippen LogP contribution in [-0.2, 0) is 6.61 Å². The number of rotatable bonds is 7. The lowest BCUT2D eigenvalue weighted by Crippen LogP contribution is -2.15. The van der Waals surface area contributed by atoms with Crippen LogP contribution in [0.2, 0.25) is 0 Å². The Bertz CT molecular complexity index is 536. The summed E-state index contributed by atoms with van der Waals surface area (Å²) in [5.74, 6) is 0.426. The molecule has 0 aliphatic carbocycles. The molecule has 0 radical (unpaired) electrons. The predicted octanol–water partition coefficient (Wildman–Crippen LogP) is 1.55. The van der Waals surface area contributed by atoms with E-state index in [-0.39, 0.29) is 13.0 Å². The third-order valence-corrected chi connectivity index (χ3v) is 4.01. The second-order valence-electron chi connectivity index (χ2n) is 4.65. The van der Waals surface area contributed by atoms with Gasteiger partial charge in [0.15, 0.2) is 5.16 Å². The molecule has 21 heavy (non-hydrogen) atoms. The number of benzene rings is 1. The molecule has 1 heterocycles. The maximum absolute atomic E-state index is 10.1. The SMILES string of the molecule is OCc1ccc([C@H](O)C[C@H](O)CSc2ncccn2)cc1. The molecule has 5 nitrogen and oxygen atoms in total. The molecule has 0 unspecified atom stereocenters. The average molecular weight is 306 g/mol. The summed E-state index contributed by atoms with van der Waals surface area (Å²) >= 11 is 1.36. The Morgan fingerprint density at radius 2 is 1.71 bits per heavy atom. The highest BCUT2D eigenvalue weighted by Crippen LogP contribution is 2.22. The number of nitrogens with zero attached hydrogens (tertiary/aromatic N) is 2. The molecule has 0 fully saturated rings. The van der Waals surface area contributed by atoms with E-state index < -0.39 is 12.2 Å². The van der Waals surface area contributed by atoms with E-state index in [1.807, 2.05) is 0 Å². The summed E-state index contributed by atoms with van der Waals surface area (Å²) in [4.78, 5) is 8.12. The van der Waals surface area contributed by atoms with Crippen LogP contribution < -0.4 is 0 Å². The lowest BCUT2D eigenvalue weighted by molar-refractivity contribution is 0.0930. The first kappa shape index (κ1) is 15.9. The van der Waals surface area contributed by atoms with Crippen molar-refractivity contribution in [1.82, 2.24) is 9.97 Å². The van der Waals surface area contributed by atoms with Gasteiger partial charge in [0.25, 0.3) is 0 Å². The van der Waals surface area contributed by atoms with Crippen molar-refractivity contribution in [2.24, 2.45) is 0 Å². The Balaban J connectivity index is 1.82. The summed E-state index contributed by atoms with van der Waals surface area (Å²) in [6.07, 6.45) is 2.17. The maximum atomic E-state index is 10.1. The molecule has 2 atom stereocenters. The van der Waals surface area contributed by atoms with Gasteiger partial charge in [0.05, 0.1) is 18.8 Å². The minimum Gasteiger partial charge on any atom is -0.392 e. The summed E-state index contributed by atoms with van der Waals surface area (Å²) in [6, 6.07) is 8.78. The molecule has 0 bridgehead atoms. The zero-order chi connectivity index (χ0) is 15.1. The average Bonchev–Trinajstić information content (AvgIpc) is 2.54. The number of aromatic nitrogens is 2. The van der Waals surface area contributed by atoms with Gasteiger partial charge in [-0.1, -0.05) is 36.0 Å². The van der Waals surface area contributed by atoms with Crippen LogP contribution in [0.25, 0.3) is 0 Å². The number of hydrogen-bond donors (Lipinski definition) is 3. The zero-order valence-electron chi connectivity index (χ0n) is 11.5. The Kier molecular flexibility index (Phi) is 6.13. The molecule has 0 aliphatic heterocycles. The highest BCUT2D eigenvalue weighted by Gasteiger charge is 2.14. The number of aliphatic hydroxyl groups is 3. The lowest BCUT2D eigenvalue weighted by Gasteiger charge is -2.15. The van der Waals surface area contributed by atoms with E-state index in [4.69, 9.17) is 5.11 Å². The Morgan fingerprint density at radius 3 is 2.33 bits per heavy atom. The molecule has 3 N–H and O–H groups in total. The molecule has 0 saturated carbocycles. The van der Waals surface area contributed by atoms with Crippen molar-refractivity contribution in [1.29, 1.82) is 0 Å². The Labute approximate surface area is 127 Å². The van der Waals surface area contributed by atoms with Gasteiger partial charge >= 0.3 is 0 Å². The van der Waals surface area contributed by atoms with Gasteiger partial charge in [0.2, 0.25) is 0 Å². The maximum Gasteiger partial charge on any atom is 0.187 e. The summed E-state index contributed by atoms with van der Waals surface area (Å²) in [6.45, 7) is -0.0211. The van der Waals surface area contributed by atoms with Crippen molar-refractivity contribution in [3.8, 4) is 0 Å². The predicted molar refractivity (Wildman–Crippen MR) is 80.7 cm³/mol. The highest BCUT2D eigenvalue weighted by molar-refractivity contribution is 7.99. The first-order valence-electron chi connectivity index (χ1n) is 6.64. The fourth-order valence-electron chi connectivity index (χ4n) is 1.84. The molecule has 0 saturated heterocycles. The van der Waals surface area contributed by atoms with Crippen LogP contribution in [0.15, 0.2) is 47.9 Å². The van der Waals surface area contributed by atoms with Crippen LogP contribution in [0.4, 0.5) is 0 Å². The monoisotopic (exact) mass is 306 g/mol. The van der Waals surface area contributed by atoms with Gasteiger partial charge in [0, 0.05) is 24.6 Å². The van der Waals surface area contributed by atoms with Gasteiger partial charge in [-0.25, -0.2) is 9.97 Å². The fraction of sp³-hybridized carbons (Fsp3) is 0.333. The van der Waals surface area contributed by atoms with Crippen molar-refractivity contribution in [2.45, 2.75) is 30.4 Å². The van der Waals surface area contributed by atoms with Crippen molar-refractivity contribution in [3.63, 3.8) is 0 Å². The summed E-state index contributed by atoms with van der Waals surface area (Å²) in [5.41, 5.74) is 1.52. The third-order valence-electron chi connectivity index (χ3n) is 2.99. The number of aliphatic hydroxyl groups excluding tert-OH is 3. The Hall–Kier alpha value is -1.47. The van der Waals surface area contributed by atoms with E-state index in [9.17, 15) is 10.2 Å². The molecular weight excluding hydrogens is 288 g/mol. The Morgan fingerprint density at radius 1 is 1.05 bits per heavy atom. The molecule has 0 spiro atoms. The number of hydrogen-bond acceptors (Lipinski definition) is 6. The van der Waals surface area contributed by atoms with Crippen LogP contribution in [0.1, 0.15) is 23.7 Å². The molecule has 0 aliphatic rings. The third kappa shape index (κ3) is 5.09. The van der Waals surface area contributed by atoms with Crippen LogP contribution in [0, 0.1) is 0 Å². The van der Waals surface area contributed by atoms with E-state index in [0.29, 0.717) is 10.9 Å². The molecule has 2 aromatic rings. The molecular formula is C15H18N2O3S. The van der Waals surface area contributed by atoms with Gasteiger partial charge in [-0.2, -0.15) is 0 Å². The van der Waals surface area contributed by atoms with Crippen molar-refractivity contribution >= 4 is 11.8 Å². The quantitative estimate of drug-likeness (QED) is 0.531. The normalized spacial score (nSPS) is 13.9. The molecule has 0 amide bonds. The zero-order valence-corrected chi connectivity index (χ0v) is 12.3. The van der Waals surface area contributed by atoms with Gasteiger partial charge in [-0.3, -0.25) is 0 Å². The van der Waals surface area contributed by atoms with Gasteiger partial charge in [0.1, 0.15) is 0 Å². The largest absolute Gasteiger partial charge is 0.392 e. The summed E-state index contributed by atoms with van der Waals surface area (Å²) < 4.78 is 0. The van der Waals surface area contributed by atoms with E-state index >= 15 is 0 Å². The molecule has 112 valence electrons. The van der Waals surface area contributed by atoms with Gasteiger partial charge in [-0.05, 0) is 17.2 Å². The first-order valence-corrected chi connectivity index (χ1v) is 7.63. The van der Waals surface area contributed by atoms with Crippen LogP contribution >= 0.6 is 11.8 Å². The van der Waals surface area contributed by atoms with Crippen LogP contribution in [-0.4, -0.2) is 37.1 Å². The van der Waals surface area contributed by atoms with Crippen LogP contribution in [0.3, 0.4) is 0 Å². The summed E-state index contributed by atoms with van der Waals surface area (Å²) in [7, 11) is 0. The highest BCUT2D eigenvalue weighted by atomic mass is 32.2. The van der Waals surface area contributed by atoms with E-state index in [0.717, 1.165) is 11.1 Å². The minimum absolute atomic E-state index is 0.0211. The smallest absolute Gasteiger partial charge is 0.187 e. The standard InChI is InChI=1S/C15H18N2O3S/c18-9-11-2-4-12(5-3-11)14(20)8-13(19)10-21-15-16-6-1-7-17-15/h1-7,13-14,18-20H,8-10H2/t13-,14+/m0/s1. The van der Waals surface area contributed by atoms with Crippen molar-refractivity contribution in [2.75, 3.05) is 5.75 Å². The molecule has 1 aromatic carbocycles. The second kappa shape index (κ2) is 8.09. The molecule has 1 aromatic heterocycles. The molecule has 6 heteroatoms.